The number of rotatable bonds is 10. The quantitative estimate of drug-likeness (QED) is 0.0786. The number of hydrogen-bond acceptors (Lipinski definition) is 14. The number of nitrogens with zero attached hydrogens (tertiary/aromatic N) is 1. The fourth-order valence-corrected chi connectivity index (χ4v) is 4.07. The van der Waals surface area contributed by atoms with Gasteiger partial charge in [0, 0.05) is 34.1 Å². The highest BCUT2D eigenvalue weighted by Gasteiger charge is 2.52. The standard InChI is InChI=1S/C18H25NO13S2/c1-6-7-14(19-32-34(24,25)26)33-18-17(30-12(5)23)16(29-11(4)22)15(28-10(3)21)13(31-18)8-27-9(2)20/h6,13,15-18H,1,7-8H2,2-5H3,(H,24,25,26)/b19-14+/t13-,15-,16+,17-,18+/m1/s1. The lowest BCUT2D eigenvalue weighted by Gasteiger charge is -2.44. The predicted molar refractivity (Wildman–Crippen MR) is 114 cm³/mol. The monoisotopic (exact) mass is 527 g/mol. The van der Waals surface area contributed by atoms with Crippen molar-refractivity contribution in [2.75, 3.05) is 6.61 Å². The Labute approximate surface area is 199 Å². The predicted octanol–water partition coefficient (Wildman–Crippen LogP) is 0.512. The summed E-state index contributed by atoms with van der Waals surface area (Å²) in [5.41, 5.74) is -1.26. The molecule has 0 aromatic carbocycles. The van der Waals surface area contributed by atoms with E-state index in [0.717, 1.165) is 27.7 Å². The molecule has 0 aromatic rings. The molecule has 5 atom stereocenters. The maximum absolute atomic E-state index is 11.8. The Morgan fingerprint density at radius 3 is 1.97 bits per heavy atom. The second-order valence-corrected chi connectivity index (χ2v) is 8.84. The molecule has 1 saturated heterocycles. The zero-order valence-corrected chi connectivity index (χ0v) is 20.3. The van der Waals surface area contributed by atoms with Crippen LogP contribution in [-0.4, -0.2) is 78.4 Å². The van der Waals surface area contributed by atoms with Gasteiger partial charge >= 0.3 is 34.3 Å². The van der Waals surface area contributed by atoms with Crippen molar-refractivity contribution in [1.82, 2.24) is 0 Å². The summed E-state index contributed by atoms with van der Waals surface area (Å²) in [4.78, 5) is 46.6. The Balaban J connectivity index is 3.46. The van der Waals surface area contributed by atoms with Crippen LogP contribution in [0.1, 0.15) is 34.1 Å². The van der Waals surface area contributed by atoms with Gasteiger partial charge in [-0.3, -0.25) is 23.7 Å². The fraction of sp³-hybridized carbons (Fsp3) is 0.611. The van der Waals surface area contributed by atoms with Crippen molar-refractivity contribution in [3.05, 3.63) is 12.7 Å². The third kappa shape index (κ3) is 10.5. The van der Waals surface area contributed by atoms with Crippen molar-refractivity contribution in [2.45, 2.75) is 64.0 Å². The van der Waals surface area contributed by atoms with Crippen LogP contribution >= 0.6 is 11.8 Å². The lowest BCUT2D eigenvalue weighted by atomic mass is 9.99. The molecular weight excluding hydrogens is 502 g/mol. The van der Waals surface area contributed by atoms with Crippen LogP contribution in [0.5, 0.6) is 0 Å². The normalized spacial score (nSPS) is 25.0. The number of allylic oxidation sites excluding steroid dienone is 1. The molecule has 1 rings (SSSR count). The van der Waals surface area contributed by atoms with Gasteiger partial charge in [0.05, 0.1) is 0 Å². The molecule has 1 heterocycles. The molecule has 1 fully saturated rings. The third-order valence-electron chi connectivity index (χ3n) is 3.75. The molecule has 0 unspecified atom stereocenters. The van der Waals surface area contributed by atoms with Crippen LogP contribution in [-0.2, 0) is 57.5 Å². The first-order chi connectivity index (χ1) is 15.7. The van der Waals surface area contributed by atoms with Gasteiger partial charge in [-0.2, -0.15) is 8.42 Å². The topological polar surface area (TPSA) is 190 Å². The van der Waals surface area contributed by atoms with Crippen molar-refractivity contribution in [1.29, 1.82) is 0 Å². The second kappa shape index (κ2) is 13.3. The Hall–Kier alpha value is -2.69. The number of thioether (sulfide) groups is 1. The van der Waals surface area contributed by atoms with Gasteiger partial charge < -0.3 is 23.7 Å². The number of carbonyl (C=O) groups is 4. The van der Waals surface area contributed by atoms with Crippen LogP contribution in [0.4, 0.5) is 0 Å². The van der Waals surface area contributed by atoms with Crippen LogP contribution in [0.2, 0.25) is 0 Å². The van der Waals surface area contributed by atoms with Gasteiger partial charge in [0.1, 0.15) is 23.2 Å². The van der Waals surface area contributed by atoms with Gasteiger partial charge in [-0.25, -0.2) is 4.28 Å². The van der Waals surface area contributed by atoms with E-state index in [0.29, 0.717) is 11.8 Å². The highest BCUT2D eigenvalue weighted by molar-refractivity contribution is 8.14. The largest absolute Gasteiger partial charge is 0.466 e. The van der Waals surface area contributed by atoms with Crippen molar-refractivity contribution >= 4 is 51.1 Å². The van der Waals surface area contributed by atoms with Crippen LogP contribution < -0.4 is 0 Å². The summed E-state index contributed by atoms with van der Waals surface area (Å²) in [5, 5.41) is 3.21. The summed E-state index contributed by atoms with van der Waals surface area (Å²) < 4.78 is 61.2. The number of esters is 4. The minimum atomic E-state index is -4.93. The third-order valence-corrected chi connectivity index (χ3v) is 5.14. The van der Waals surface area contributed by atoms with Crippen LogP contribution in [0.3, 0.4) is 0 Å². The molecule has 0 aromatic heterocycles. The second-order valence-electron chi connectivity index (χ2n) is 6.67. The van der Waals surface area contributed by atoms with Crippen molar-refractivity contribution in [3.8, 4) is 0 Å². The van der Waals surface area contributed by atoms with Gasteiger partial charge in [-0.1, -0.05) is 23.0 Å². The number of carbonyl (C=O) groups excluding carboxylic acids is 4. The highest BCUT2D eigenvalue weighted by atomic mass is 32.3. The molecule has 0 spiro atoms. The molecule has 14 nitrogen and oxygen atoms in total. The van der Waals surface area contributed by atoms with E-state index < -0.39 is 70.7 Å². The number of oxime groups is 1. The first kappa shape index (κ1) is 29.3. The van der Waals surface area contributed by atoms with Gasteiger partial charge in [0.25, 0.3) is 0 Å². The molecule has 1 aliphatic rings. The van der Waals surface area contributed by atoms with Crippen molar-refractivity contribution in [2.24, 2.45) is 5.16 Å². The van der Waals surface area contributed by atoms with Gasteiger partial charge in [0.15, 0.2) is 18.3 Å². The van der Waals surface area contributed by atoms with Gasteiger partial charge in [-0.05, 0) is 0 Å². The first-order valence-electron chi connectivity index (χ1n) is 9.54. The first-order valence-corrected chi connectivity index (χ1v) is 11.8. The Morgan fingerprint density at radius 2 is 1.50 bits per heavy atom. The average molecular weight is 528 g/mol. The molecule has 1 N–H and O–H groups in total. The molecule has 0 amide bonds. The molecule has 0 radical (unpaired) electrons. The SMILES string of the molecule is C=CC/C(=N\OS(=O)(=O)O)S[C@@H]1O[C@H](COC(C)=O)[C@@H](OC(C)=O)[C@H](OC(C)=O)[C@H]1OC(C)=O. The summed E-state index contributed by atoms with van der Waals surface area (Å²) in [6.07, 6.45) is -4.11. The number of hydrogen-bond donors (Lipinski definition) is 1. The lowest BCUT2D eigenvalue weighted by Crippen LogP contribution is -2.61. The zero-order chi connectivity index (χ0) is 26.1. The van der Waals surface area contributed by atoms with Crippen LogP contribution in [0.15, 0.2) is 17.8 Å². The van der Waals surface area contributed by atoms with Crippen molar-refractivity contribution < 1.29 is 60.1 Å². The van der Waals surface area contributed by atoms with E-state index in [1.165, 1.54) is 6.08 Å². The average Bonchev–Trinajstić information content (AvgIpc) is 2.67. The van der Waals surface area contributed by atoms with Crippen LogP contribution in [0, 0.1) is 0 Å². The summed E-state index contributed by atoms with van der Waals surface area (Å²) in [5.74, 6) is -3.10. The molecule has 192 valence electrons. The maximum Gasteiger partial charge on any atom is 0.466 e. The lowest BCUT2D eigenvalue weighted by molar-refractivity contribution is -0.237. The molecule has 0 aliphatic carbocycles. The van der Waals surface area contributed by atoms with Gasteiger partial charge in [-0.15, -0.1) is 6.58 Å². The summed E-state index contributed by atoms with van der Waals surface area (Å²) in [7, 11) is -4.93. The van der Waals surface area contributed by atoms with Crippen LogP contribution in [0.25, 0.3) is 0 Å². The van der Waals surface area contributed by atoms with E-state index in [2.05, 4.69) is 16.0 Å². The molecule has 0 bridgehead atoms. The van der Waals surface area contributed by atoms with E-state index in [1.54, 1.807) is 0 Å². The summed E-state index contributed by atoms with van der Waals surface area (Å²) in [6.45, 7) is 7.40. The van der Waals surface area contributed by atoms with E-state index in [1.807, 2.05) is 0 Å². The van der Waals surface area contributed by atoms with Crippen molar-refractivity contribution in [3.63, 3.8) is 0 Å². The summed E-state index contributed by atoms with van der Waals surface area (Å²) in [6, 6.07) is 0. The minimum Gasteiger partial charge on any atom is -0.463 e. The van der Waals surface area contributed by atoms with E-state index in [4.69, 9.17) is 28.2 Å². The Bertz CT molecular complexity index is 917. The number of ether oxygens (including phenoxy) is 5. The van der Waals surface area contributed by atoms with E-state index in [9.17, 15) is 27.6 Å². The minimum absolute atomic E-state index is 0.0763. The van der Waals surface area contributed by atoms with Gasteiger partial charge in [0.2, 0.25) is 0 Å². The van der Waals surface area contributed by atoms with E-state index in [-0.39, 0.29) is 11.5 Å². The molecule has 34 heavy (non-hydrogen) atoms. The maximum atomic E-state index is 11.8. The Morgan fingerprint density at radius 1 is 0.971 bits per heavy atom. The Kier molecular flexibility index (Phi) is 11.4. The fourth-order valence-electron chi connectivity index (χ4n) is 2.74. The molecular formula is C18H25NO13S2. The summed E-state index contributed by atoms with van der Waals surface area (Å²) >= 11 is 0.677. The highest BCUT2D eigenvalue weighted by Crippen LogP contribution is 2.35. The van der Waals surface area contributed by atoms with E-state index >= 15 is 0 Å². The zero-order valence-electron chi connectivity index (χ0n) is 18.7. The molecule has 0 saturated carbocycles. The molecule has 1 aliphatic heterocycles. The smallest absolute Gasteiger partial charge is 0.463 e. The molecule has 16 heteroatoms.